The summed E-state index contributed by atoms with van der Waals surface area (Å²) >= 11 is 3.55. The van der Waals surface area contributed by atoms with Crippen molar-refractivity contribution >= 4 is 21.9 Å². The third kappa shape index (κ3) is 6.05. The number of ether oxygens (including phenoxy) is 1. The molecule has 2 unspecified atom stereocenters. The molecule has 0 saturated heterocycles. The van der Waals surface area contributed by atoms with Crippen LogP contribution in [0, 0.1) is 0 Å². The van der Waals surface area contributed by atoms with Gasteiger partial charge in [0.1, 0.15) is 12.4 Å². The Kier molecular flexibility index (Phi) is 7.26. The van der Waals surface area contributed by atoms with Gasteiger partial charge in [0, 0.05) is 10.7 Å². The molecule has 0 aliphatic carbocycles. The number of hydrogen-bond donors (Lipinski definition) is 1. The summed E-state index contributed by atoms with van der Waals surface area (Å²) in [5.41, 5.74) is 3.32. The summed E-state index contributed by atoms with van der Waals surface area (Å²) in [6.07, 6.45) is 3.88. The zero-order valence-corrected chi connectivity index (χ0v) is 16.1. The molecule has 0 aliphatic rings. The van der Waals surface area contributed by atoms with Crippen molar-refractivity contribution in [1.29, 1.82) is 0 Å². The summed E-state index contributed by atoms with van der Waals surface area (Å²) in [7, 11) is 0. The van der Waals surface area contributed by atoms with E-state index < -0.39 is 5.97 Å². The van der Waals surface area contributed by atoms with Gasteiger partial charge in [-0.05, 0) is 42.7 Å². The van der Waals surface area contributed by atoms with Crippen molar-refractivity contribution in [2.24, 2.45) is 0 Å². The van der Waals surface area contributed by atoms with Crippen LogP contribution in [0.3, 0.4) is 0 Å². The Balaban J connectivity index is 1.98. The van der Waals surface area contributed by atoms with Crippen molar-refractivity contribution in [2.45, 2.75) is 37.6 Å². The first-order chi connectivity index (χ1) is 12.0. The summed E-state index contributed by atoms with van der Waals surface area (Å²) in [5, 5.41) is 9.03. The number of alkyl halides is 1. The minimum absolute atomic E-state index is 0.0862. The van der Waals surface area contributed by atoms with Gasteiger partial charge in [0.25, 0.3) is 0 Å². The van der Waals surface area contributed by atoms with Gasteiger partial charge in [-0.3, -0.25) is 4.79 Å². The van der Waals surface area contributed by atoms with Gasteiger partial charge in [0.2, 0.25) is 0 Å². The number of rotatable bonds is 8. The first kappa shape index (κ1) is 19.3. The highest BCUT2D eigenvalue weighted by atomic mass is 79.9. The molecule has 2 aromatic rings. The first-order valence-electron chi connectivity index (χ1n) is 8.30. The Morgan fingerprint density at radius 2 is 1.72 bits per heavy atom. The first-order valence-corrected chi connectivity index (χ1v) is 9.21. The number of carboxylic acid groups (broad SMARTS) is 1. The summed E-state index contributed by atoms with van der Waals surface area (Å²) < 4.78 is 5.82. The van der Waals surface area contributed by atoms with Gasteiger partial charge in [0.05, 0.1) is 6.42 Å². The van der Waals surface area contributed by atoms with Crippen LogP contribution in [0.1, 0.15) is 47.7 Å². The van der Waals surface area contributed by atoms with E-state index in [1.54, 1.807) is 0 Å². The maximum Gasteiger partial charge on any atom is 0.304 e. The zero-order valence-electron chi connectivity index (χ0n) is 14.5. The number of halogens is 1. The van der Waals surface area contributed by atoms with Crippen molar-refractivity contribution in [3.63, 3.8) is 0 Å². The van der Waals surface area contributed by atoms with Crippen molar-refractivity contribution in [3.8, 4) is 5.75 Å². The standard InChI is InChI=1S/C21H23BrO3/c1-3-4-19(13-21(23)24)18-9-11-20(12-10-18)25-14-16-5-7-17(8-6-16)15(2)22/h3-12,15,19H,13-14H2,1-2H3,(H,23,24). The van der Waals surface area contributed by atoms with Crippen LogP contribution >= 0.6 is 15.9 Å². The molecule has 3 nitrogen and oxygen atoms in total. The number of allylic oxidation sites excluding steroid dienone is 2. The second-order valence-electron chi connectivity index (χ2n) is 5.95. The molecule has 0 bridgehead atoms. The average Bonchev–Trinajstić information content (AvgIpc) is 2.60. The van der Waals surface area contributed by atoms with E-state index >= 15 is 0 Å². The molecule has 0 aromatic heterocycles. The molecule has 4 heteroatoms. The van der Waals surface area contributed by atoms with Gasteiger partial charge in [-0.25, -0.2) is 0 Å². The fourth-order valence-electron chi connectivity index (χ4n) is 2.57. The molecule has 0 radical (unpaired) electrons. The Labute approximate surface area is 157 Å². The van der Waals surface area contributed by atoms with E-state index in [1.807, 2.05) is 43.3 Å². The Morgan fingerprint density at radius 1 is 1.12 bits per heavy atom. The fourth-order valence-corrected chi connectivity index (χ4v) is 2.88. The van der Waals surface area contributed by atoms with Crippen molar-refractivity contribution < 1.29 is 14.6 Å². The average molecular weight is 403 g/mol. The highest BCUT2D eigenvalue weighted by Gasteiger charge is 2.12. The van der Waals surface area contributed by atoms with Crippen molar-refractivity contribution in [1.82, 2.24) is 0 Å². The molecule has 2 aromatic carbocycles. The lowest BCUT2D eigenvalue weighted by Gasteiger charge is -2.12. The largest absolute Gasteiger partial charge is 0.489 e. The van der Waals surface area contributed by atoms with E-state index in [1.165, 1.54) is 5.56 Å². The third-order valence-corrected chi connectivity index (χ3v) is 4.50. The number of carbonyl (C=O) groups is 1. The van der Waals surface area contributed by atoms with Gasteiger partial charge in [-0.15, -0.1) is 0 Å². The topological polar surface area (TPSA) is 46.5 Å². The monoisotopic (exact) mass is 402 g/mol. The smallest absolute Gasteiger partial charge is 0.304 e. The van der Waals surface area contributed by atoms with Gasteiger partial charge in [-0.2, -0.15) is 0 Å². The molecule has 0 fully saturated rings. The molecule has 25 heavy (non-hydrogen) atoms. The number of benzene rings is 2. The van der Waals surface area contributed by atoms with E-state index in [9.17, 15) is 4.79 Å². The summed E-state index contributed by atoms with van der Waals surface area (Å²) in [5.74, 6) is -0.142. The predicted octanol–water partition coefficient (Wildman–Crippen LogP) is 5.86. The van der Waals surface area contributed by atoms with Crippen molar-refractivity contribution in [2.75, 3.05) is 0 Å². The van der Waals surface area contributed by atoms with Crippen LogP contribution in [0.25, 0.3) is 0 Å². The predicted molar refractivity (Wildman–Crippen MR) is 104 cm³/mol. The summed E-state index contributed by atoms with van der Waals surface area (Å²) in [6, 6.07) is 16.0. The molecular formula is C21H23BrO3. The van der Waals surface area contributed by atoms with Crippen molar-refractivity contribution in [3.05, 3.63) is 77.4 Å². The molecular weight excluding hydrogens is 380 g/mol. The maximum absolute atomic E-state index is 11.0. The Hall–Kier alpha value is -2.07. The van der Waals surface area contributed by atoms with E-state index in [-0.39, 0.29) is 12.3 Å². The van der Waals surface area contributed by atoms with E-state index in [2.05, 4.69) is 47.1 Å². The summed E-state index contributed by atoms with van der Waals surface area (Å²) in [4.78, 5) is 11.3. The lowest BCUT2D eigenvalue weighted by atomic mass is 9.95. The molecule has 0 aliphatic heterocycles. The number of aliphatic carboxylic acids is 1. The molecule has 0 spiro atoms. The zero-order chi connectivity index (χ0) is 18.2. The quantitative estimate of drug-likeness (QED) is 0.444. The minimum Gasteiger partial charge on any atom is -0.489 e. The Morgan fingerprint density at radius 3 is 2.24 bits per heavy atom. The molecule has 0 saturated carbocycles. The highest BCUT2D eigenvalue weighted by Crippen LogP contribution is 2.25. The third-order valence-electron chi connectivity index (χ3n) is 3.97. The van der Waals surface area contributed by atoms with Crippen LogP contribution < -0.4 is 4.74 Å². The van der Waals surface area contributed by atoms with E-state index in [0.717, 1.165) is 16.9 Å². The normalized spacial score (nSPS) is 13.6. The van der Waals surface area contributed by atoms with E-state index in [0.29, 0.717) is 11.4 Å². The lowest BCUT2D eigenvalue weighted by molar-refractivity contribution is -0.137. The van der Waals surface area contributed by atoms with Crippen LogP contribution in [-0.4, -0.2) is 11.1 Å². The van der Waals surface area contributed by atoms with Crippen LogP contribution in [-0.2, 0) is 11.4 Å². The number of carboxylic acids is 1. The Bertz CT molecular complexity index is 703. The molecule has 132 valence electrons. The summed E-state index contributed by atoms with van der Waals surface area (Å²) in [6.45, 7) is 4.50. The van der Waals surface area contributed by atoms with Crippen LogP contribution in [0.15, 0.2) is 60.7 Å². The second-order valence-corrected chi connectivity index (χ2v) is 7.32. The van der Waals surface area contributed by atoms with Crippen LogP contribution in [0.4, 0.5) is 0 Å². The number of hydrogen-bond acceptors (Lipinski definition) is 2. The molecule has 2 atom stereocenters. The van der Waals surface area contributed by atoms with Gasteiger partial charge < -0.3 is 9.84 Å². The second kappa shape index (κ2) is 9.42. The minimum atomic E-state index is -0.801. The van der Waals surface area contributed by atoms with Gasteiger partial charge >= 0.3 is 5.97 Å². The SMILES string of the molecule is CC=CC(CC(=O)O)c1ccc(OCc2ccc(C(C)Br)cc2)cc1. The van der Waals surface area contributed by atoms with Gasteiger partial charge in [-0.1, -0.05) is 64.5 Å². The van der Waals surface area contributed by atoms with Gasteiger partial charge in [0.15, 0.2) is 0 Å². The highest BCUT2D eigenvalue weighted by molar-refractivity contribution is 9.09. The van der Waals surface area contributed by atoms with Crippen LogP contribution in [0.5, 0.6) is 5.75 Å². The molecule has 2 rings (SSSR count). The molecule has 0 amide bonds. The fraction of sp³-hybridized carbons (Fsp3) is 0.286. The van der Waals surface area contributed by atoms with E-state index in [4.69, 9.17) is 9.84 Å². The molecule has 1 N–H and O–H groups in total. The lowest BCUT2D eigenvalue weighted by Crippen LogP contribution is -2.04. The molecule has 0 heterocycles. The maximum atomic E-state index is 11.0. The van der Waals surface area contributed by atoms with Crippen LogP contribution in [0.2, 0.25) is 0 Å².